The Morgan fingerprint density at radius 2 is 1.11 bits per heavy atom. The molecule has 0 radical (unpaired) electrons. The van der Waals surface area contributed by atoms with Gasteiger partial charge in [0.15, 0.2) is 11.4 Å². The van der Waals surface area contributed by atoms with Crippen LogP contribution in [0.2, 0.25) is 10.0 Å². The van der Waals surface area contributed by atoms with Crippen molar-refractivity contribution in [2.45, 2.75) is 63.9 Å². The molecule has 2 heterocycles. The summed E-state index contributed by atoms with van der Waals surface area (Å²) in [4.78, 5) is 70.4. The molecule has 6 aromatic rings. The number of carboxylic acids is 1. The molecular weight excluding hydrogens is 889 g/mol. The zero-order valence-electron chi connectivity index (χ0n) is 34.5. The van der Waals surface area contributed by atoms with Crippen molar-refractivity contribution < 1.29 is 42.7 Å². The molecule has 0 spiro atoms. The van der Waals surface area contributed by atoms with Gasteiger partial charge in [-0.3, -0.25) is 38.1 Å². The highest BCUT2D eigenvalue weighted by molar-refractivity contribution is 6.31. The Hall–Kier alpha value is -6.96. The highest BCUT2D eigenvalue weighted by Gasteiger charge is 2.37. The van der Waals surface area contributed by atoms with Crippen molar-refractivity contribution >= 4 is 80.5 Å². The number of nitrogens with one attached hydrogen (secondary N) is 3. The largest absolute Gasteiger partial charge is 0.480 e. The van der Waals surface area contributed by atoms with Crippen LogP contribution in [0.5, 0.6) is 0 Å². The molecule has 2 fully saturated rings. The van der Waals surface area contributed by atoms with E-state index in [1.165, 1.54) is 27.6 Å². The fourth-order valence-electron chi connectivity index (χ4n) is 6.80. The summed E-state index contributed by atoms with van der Waals surface area (Å²) >= 11 is 11.4. The highest BCUT2D eigenvalue weighted by Crippen LogP contribution is 2.33. The number of carboxylic acid groups (broad SMARTS) is 1. The first-order valence-electron chi connectivity index (χ1n) is 20.2. The van der Waals surface area contributed by atoms with E-state index < -0.39 is 53.3 Å². The van der Waals surface area contributed by atoms with Crippen molar-refractivity contribution in [3.63, 3.8) is 0 Å². The fourth-order valence-corrected chi connectivity index (χ4v) is 7.19. The van der Waals surface area contributed by atoms with Gasteiger partial charge in [0.05, 0.1) is 27.1 Å². The predicted molar refractivity (Wildman–Crippen MR) is 236 cm³/mol. The van der Waals surface area contributed by atoms with Gasteiger partial charge in [-0.2, -0.15) is 10.2 Å². The molecule has 0 aliphatic heterocycles. The lowest BCUT2D eigenvalue weighted by atomic mass is 10.1. The van der Waals surface area contributed by atoms with Crippen LogP contribution in [-0.2, 0) is 45.4 Å². The molecule has 2 aromatic heterocycles. The second-order valence-electron chi connectivity index (χ2n) is 15.3. The molecule has 2 aliphatic rings. The van der Waals surface area contributed by atoms with Gasteiger partial charge in [0, 0.05) is 35.0 Å². The number of nitrogens with zero attached hydrogens (tertiary/aromatic N) is 4. The number of nitrogens with two attached hydrogens (primary N) is 3. The Kier molecular flexibility index (Phi) is 15.5. The maximum Gasteiger partial charge on any atom is 0.325 e. The first kappa shape index (κ1) is 47.5. The van der Waals surface area contributed by atoms with Gasteiger partial charge in [-0.1, -0.05) is 83.9 Å². The average molecular weight is 934 g/mol. The smallest absolute Gasteiger partial charge is 0.325 e. The number of carbonyl (C=O) groups excluding carboxylic acids is 5. The van der Waals surface area contributed by atoms with Crippen LogP contribution in [0, 0.1) is 23.5 Å². The van der Waals surface area contributed by atoms with Crippen LogP contribution in [0.3, 0.4) is 0 Å². The van der Waals surface area contributed by atoms with E-state index in [2.05, 4.69) is 26.1 Å². The summed E-state index contributed by atoms with van der Waals surface area (Å²) in [7, 11) is 0. The molecule has 2 saturated carbocycles. The van der Waals surface area contributed by atoms with Crippen LogP contribution in [0.1, 0.15) is 57.8 Å². The molecule has 0 unspecified atom stereocenters. The number of benzene rings is 4. The molecule has 2 atom stereocenters. The van der Waals surface area contributed by atoms with Crippen LogP contribution in [0.25, 0.3) is 21.8 Å². The molecule has 10 N–H and O–H groups in total. The summed E-state index contributed by atoms with van der Waals surface area (Å²) in [6.45, 7) is -0.414. The minimum absolute atomic E-state index is 0.0127. The summed E-state index contributed by atoms with van der Waals surface area (Å²) < 4.78 is 30.2. The van der Waals surface area contributed by atoms with E-state index in [1.807, 2.05) is 0 Å². The average Bonchev–Trinajstić information content (AvgIpc) is 4.23. The molecule has 5 amide bonds. The lowest BCUT2D eigenvalue weighted by molar-refractivity contribution is -0.137. The monoisotopic (exact) mass is 932 g/mol. The van der Waals surface area contributed by atoms with Crippen LogP contribution in [-0.4, -0.2) is 72.3 Å². The quantitative estimate of drug-likeness (QED) is 0.0772. The first-order valence-corrected chi connectivity index (χ1v) is 21.0. The van der Waals surface area contributed by atoms with E-state index in [4.69, 9.17) is 45.5 Å². The van der Waals surface area contributed by atoms with E-state index in [0.717, 1.165) is 25.7 Å². The number of para-hydroxylation sites is 2. The summed E-state index contributed by atoms with van der Waals surface area (Å²) in [5.74, 6) is -4.22. The Bertz CT molecular complexity index is 2780. The zero-order chi connectivity index (χ0) is 46.9. The van der Waals surface area contributed by atoms with E-state index >= 15 is 0 Å². The number of aliphatic carboxylic acids is 1. The van der Waals surface area contributed by atoms with E-state index in [0.29, 0.717) is 33.3 Å². The van der Waals surface area contributed by atoms with Crippen LogP contribution in [0.15, 0.2) is 84.9 Å². The first-order chi connectivity index (χ1) is 31.0. The Morgan fingerprint density at radius 1 is 0.662 bits per heavy atom. The predicted octanol–water partition coefficient (Wildman–Crippen LogP) is 4.19. The molecule has 2 aliphatic carbocycles. The minimum atomic E-state index is -1.02. The molecule has 0 bridgehead atoms. The van der Waals surface area contributed by atoms with Crippen LogP contribution >= 0.6 is 23.2 Å². The van der Waals surface area contributed by atoms with E-state index in [-0.39, 0.29) is 65.0 Å². The number of carbonyl (C=O) groups is 6. The number of halogens is 4. The van der Waals surface area contributed by atoms with Gasteiger partial charge < -0.3 is 38.3 Å². The summed E-state index contributed by atoms with van der Waals surface area (Å²) in [6.07, 6.45) is 3.61. The van der Waals surface area contributed by atoms with Crippen LogP contribution < -0.4 is 33.2 Å². The molecule has 340 valence electrons. The Morgan fingerprint density at radius 3 is 1.55 bits per heavy atom. The van der Waals surface area contributed by atoms with Gasteiger partial charge in [0.1, 0.15) is 30.8 Å². The second-order valence-corrected chi connectivity index (χ2v) is 16.1. The van der Waals surface area contributed by atoms with Crippen molar-refractivity contribution in [3.05, 3.63) is 129 Å². The van der Waals surface area contributed by atoms with Crippen molar-refractivity contribution in [2.75, 3.05) is 0 Å². The lowest BCUT2D eigenvalue weighted by Crippen LogP contribution is -2.48. The standard InChI is InChI=1S/C22H21ClFN5O3.C12H14ClFN2O.C10H9N3O3/c23-15-6-3-4-13(18(15)24)10-26-22(32)19(12-8-9-12)27-17(30)11-29-16-7-2-1-5-14(16)20(28-29)21(25)31;13-9-3-1-2-8(10(9)14)6-16-12(17)11(15)7-4-5-7;11-10(16)9-6-3-1-2-4-7(6)13(12-9)5-8(14)15/h1-7,12,19H,8-11H2,(H2,25,31)(H,26,32)(H,27,30);1-3,7,11H,4-6,15H2,(H,16,17);1-4H,5H2,(H2,11,16)(H,14,15)/t19-;11-;/m00./s1. The van der Waals surface area contributed by atoms with Gasteiger partial charge in [0.25, 0.3) is 11.8 Å². The highest BCUT2D eigenvalue weighted by atomic mass is 35.5. The van der Waals surface area contributed by atoms with Crippen molar-refractivity contribution in [2.24, 2.45) is 29.0 Å². The molecule has 0 saturated heterocycles. The number of hydrogen-bond donors (Lipinski definition) is 7. The van der Waals surface area contributed by atoms with Crippen LogP contribution in [0.4, 0.5) is 8.78 Å². The van der Waals surface area contributed by atoms with E-state index in [9.17, 15) is 37.5 Å². The van der Waals surface area contributed by atoms with E-state index in [1.54, 1.807) is 66.7 Å². The fraction of sp³-hybridized carbons (Fsp3) is 0.273. The third-order valence-corrected chi connectivity index (χ3v) is 11.0. The van der Waals surface area contributed by atoms with Gasteiger partial charge >= 0.3 is 5.97 Å². The van der Waals surface area contributed by atoms with Gasteiger partial charge in [-0.05, 0) is 61.8 Å². The summed E-state index contributed by atoms with van der Waals surface area (Å²) in [5.41, 5.74) is 18.2. The van der Waals surface area contributed by atoms with Gasteiger partial charge in [-0.15, -0.1) is 0 Å². The number of amides is 5. The van der Waals surface area contributed by atoms with Crippen molar-refractivity contribution in [3.8, 4) is 0 Å². The number of primary amides is 2. The normalized spacial score (nSPS) is 13.9. The summed E-state index contributed by atoms with van der Waals surface area (Å²) in [5, 5.41) is 25.9. The SMILES string of the molecule is NC(=O)c1nn(CC(=O)N[C@H](C(=O)NCc2cccc(Cl)c2F)C2CC2)c2ccccc12.NC(=O)c1nn(CC(=O)O)c2ccccc12.N[C@H](C(=O)NCc1cccc(Cl)c1F)C1CC1. The second kappa shape index (κ2) is 21.1. The number of rotatable bonds is 15. The molecule has 17 nitrogen and oxygen atoms in total. The molecule has 4 aromatic carbocycles. The minimum Gasteiger partial charge on any atom is -0.480 e. The maximum absolute atomic E-state index is 14.1. The third kappa shape index (κ3) is 12.2. The number of hydrogen-bond acceptors (Lipinski definition) is 9. The molecule has 21 heteroatoms. The number of aromatic nitrogens is 4. The molecule has 65 heavy (non-hydrogen) atoms. The van der Waals surface area contributed by atoms with Gasteiger partial charge in [-0.25, -0.2) is 8.78 Å². The van der Waals surface area contributed by atoms with Gasteiger partial charge in [0.2, 0.25) is 17.7 Å². The van der Waals surface area contributed by atoms with Crippen molar-refractivity contribution in [1.29, 1.82) is 0 Å². The summed E-state index contributed by atoms with van der Waals surface area (Å²) in [6, 6.07) is 21.8. The van der Waals surface area contributed by atoms with Crippen molar-refractivity contribution in [1.82, 2.24) is 35.5 Å². The Balaban J connectivity index is 0.000000178. The zero-order valence-corrected chi connectivity index (χ0v) is 36.0. The maximum atomic E-state index is 14.1. The lowest BCUT2D eigenvalue weighted by Gasteiger charge is -2.18. The molecule has 8 rings (SSSR count). The number of fused-ring (bicyclic) bond motifs is 2. The molecular formula is C44H44Cl2F2N10O7. The topological polar surface area (TPSA) is 272 Å². The Labute approximate surface area is 379 Å². The third-order valence-electron chi connectivity index (χ3n) is 10.5.